The van der Waals surface area contributed by atoms with E-state index in [-0.39, 0.29) is 22.0 Å². The van der Waals surface area contributed by atoms with E-state index < -0.39 is 0 Å². The van der Waals surface area contributed by atoms with Crippen molar-refractivity contribution in [3.05, 3.63) is 90.5 Å². The van der Waals surface area contributed by atoms with Crippen molar-refractivity contribution in [3.63, 3.8) is 0 Å². The largest absolute Gasteiger partial charge is 0.493 e. The number of thioether (sulfide) groups is 2. The molecule has 0 N–H and O–H groups in total. The fourth-order valence-corrected chi connectivity index (χ4v) is 8.64. The second-order valence-corrected chi connectivity index (χ2v) is 13.6. The van der Waals surface area contributed by atoms with Crippen LogP contribution in [0.15, 0.2) is 94.7 Å². The number of amides is 1. The first-order valence-corrected chi connectivity index (χ1v) is 15.4. The molecule has 5 nitrogen and oxygen atoms in total. The van der Waals surface area contributed by atoms with Gasteiger partial charge >= 0.3 is 0 Å². The van der Waals surface area contributed by atoms with Crippen molar-refractivity contribution >= 4 is 29.4 Å². The number of para-hydroxylation sites is 1. The Kier molecular flexibility index (Phi) is 9.56. The lowest BCUT2D eigenvalue weighted by Crippen LogP contribution is -2.45. The Hall–Kier alpha value is -2.45. The van der Waals surface area contributed by atoms with Crippen molar-refractivity contribution in [2.24, 2.45) is 5.92 Å². The standard InChI is InChI=1S/C32H38N2O3S2/c1-33(2)19-11-20-36-29-17-10-9-12-25(29)22-31(35)34-23-28-30(24-34)37-21-18-32(28,38-26-13-5-3-6-14-26)39-27-15-7-4-8-16-27/h3-10,12-17,28,30H,11,18-24H2,1-2H3/t28-,30+/m1/s1. The molecule has 0 spiro atoms. The summed E-state index contributed by atoms with van der Waals surface area (Å²) in [4.78, 5) is 20.3. The van der Waals surface area contributed by atoms with Gasteiger partial charge in [0.25, 0.3) is 0 Å². The summed E-state index contributed by atoms with van der Waals surface area (Å²) in [5.41, 5.74) is 0.951. The quantitative estimate of drug-likeness (QED) is 0.208. The van der Waals surface area contributed by atoms with E-state index in [4.69, 9.17) is 9.47 Å². The molecule has 39 heavy (non-hydrogen) atoms. The van der Waals surface area contributed by atoms with E-state index in [0.717, 1.165) is 30.7 Å². The van der Waals surface area contributed by atoms with E-state index in [1.54, 1.807) is 0 Å². The summed E-state index contributed by atoms with van der Waals surface area (Å²) in [6.07, 6.45) is 2.25. The highest BCUT2D eigenvalue weighted by Gasteiger charge is 2.53. The first-order valence-electron chi connectivity index (χ1n) is 13.8. The van der Waals surface area contributed by atoms with Gasteiger partial charge in [-0.05, 0) is 57.3 Å². The maximum atomic E-state index is 13.7. The molecule has 2 atom stereocenters. The third kappa shape index (κ3) is 7.20. The molecule has 0 saturated carbocycles. The minimum Gasteiger partial charge on any atom is -0.493 e. The fraction of sp³-hybridized carbons (Fsp3) is 0.406. The Bertz CT molecular complexity index is 1170. The Balaban J connectivity index is 1.31. The molecule has 3 aromatic rings. The summed E-state index contributed by atoms with van der Waals surface area (Å²) in [7, 11) is 4.13. The Morgan fingerprint density at radius 2 is 1.59 bits per heavy atom. The number of ether oxygens (including phenoxy) is 2. The Morgan fingerprint density at radius 1 is 0.949 bits per heavy atom. The number of carbonyl (C=O) groups excluding carboxylic acids is 1. The molecule has 7 heteroatoms. The van der Waals surface area contributed by atoms with Crippen molar-refractivity contribution in [3.8, 4) is 5.75 Å². The zero-order valence-corrected chi connectivity index (χ0v) is 24.5. The predicted molar refractivity (Wildman–Crippen MR) is 161 cm³/mol. The zero-order valence-electron chi connectivity index (χ0n) is 22.8. The molecule has 3 aromatic carbocycles. The smallest absolute Gasteiger partial charge is 0.227 e. The van der Waals surface area contributed by atoms with E-state index in [1.807, 2.05) is 52.7 Å². The second kappa shape index (κ2) is 13.3. The molecular formula is C32H38N2O3S2. The van der Waals surface area contributed by atoms with Crippen LogP contribution in [0.25, 0.3) is 0 Å². The number of hydrogen-bond donors (Lipinski definition) is 0. The predicted octanol–water partition coefficient (Wildman–Crippen LogP) is 6.09. The van der Waals surface area contributed by atoms with Crippen LogP contribution in [0.1, 0.15) is 18.4 Å². The molecule has 1 amide bonds. The van der Waals surface area contributed by atoms with Gasteiger partial charge in [-0.1, -0.05) is 54.6 Å². The van der Waals surface area contributed by atoms with Crippen molar-refractivity contribution < 1.29 is 14.3 Å². The van der Waals surface area contributed by atoms with Crippen LogP contribution < -0.4 is 4.74 Å². The highest BCUT2D eigenvalue weighted by molar-refractivity contribution is 8.18. The van der Waals surface area contributed by atoms with Crippen LogP contribution in [0.3, 0.4) is 0 Å². The molecule has 0 bridgehead atoms. The molecule has 0 unspecified atom stereocenters. The van der Waals surface area contributed by atoms with E-state index in [2.05, 4.69) is 79.7 Å². The van der Waals surface area contributed by atoms with Gasteiger partial charge in [0.1, 0.15) is 5.75 Å². The first kappa shape index (κ1) is 28.1. The summed E-state index contributed by atoms with van der Waals surface area (Å²) in [6, 6.07) is 29.2. The molecule has 0 radical (unpaired) electrons. The van der Waals surface area contributed by atoms with Gasteiger partial charge < -0.3 is 19.3 Å². The maximum absolute atomic E-state index is 13.7. The summed E-state index contributed by atoms with van der Waals surface area (Å²) >= 11 is 3.88. The molecule has 2 aliphatic rings. The van der Waals surface area contributed by atoms with Crippen LogP contribution >= 0.6 is 23.5 Å². The highest BCUT2D eigenvalue weighted by atomic mass is 32.2. The van der Waals surface area contributed by atoms with Gasteiger partial charge in [-0.3, -0.25) is 4.79 Å². The summed E-state index contributed by atoms with van der Waals surface area (Å²) < 4.78 is 12.3. The van der Waals surface area contributed by atoms with E-state index in [0.29, 0.717) is 32.7 Å². The van der Waals surface area contributed by atoms with Gasteiger partial charge in [0.05, 0.1) is 23.2 Å². The van der Waals surface area contributed by atoms with Crippen LogP contribution in [0.4, 0.5) is 0 Å². The molecular weight excluding hydrogens is 524 g/mol. The number of hydrogen-bond acceptors (Lipinski definition) is 6. The lowest BCUT2D eigenvalue weighted by molar-refractivity contribution is -0.130. The number of nitrogens with zero attached hydrogens (tertiary/aromatic N) is 2. The van der Waals surface area contributed by atoms with Crippen molar-refractivity contribution in [2.45, 2.75) is 39.2 Å². The summed E-state index contributed by atoms with van der Waals surface area (Å²) in [6.45, 7) is 3.66. The first-order chi connectivity index (χ1) is 19.0. The van der Waals surface area contributed by atoms with E-state index in [9.17, 15) is 4.79 Å². The average Bonchev–Trinajstić information content (AvgIpc) is 3.39. The third-order valence-electron chi connectivity index (χ3n) is 7.36. The topological polar surface area (TPSA) is 42.0 Å². The van der Waals surface area contributed by atoms with Crippen molar-refractivity contribution in [1.82, 2.24) is 9.80 Å². The van der Waals surface area contributed by atoms with Gasteiger partial charge in [-0.15, -0.1) is 23.5 Å². The number of benzene rings is 3. The number of fused-ring (bicyclic) bond motifs is 1. The Labute approximate surface area is 241 Å². The molecule has 0 aromatic heterocycles. The number of likely N-dealkylation sites (tertiary alicyclic amines) is 1. The highest BCUT2D eigenvalue weighted by Crippen LogP contribution is 2.57. The molecule has 2 fully saturated rings. The Morgan fingerprint density at radius 3 is 2.26 bits per heavy atom. The van der Waals surface area contributed by atoms with Gasteiger partial charge in [0.2, 0.25) is 5.91 Å². The number of carbonyl (C=O) groups is 1. The van der Waals surface area contributed by atoms with Crippen LogP contribution in [-0.4, -0.2) is 72.8 Å². The van der Waals surface area contributed by atoms with Crippen LogP contribution in [0.5, 0.6) is 5.75 Å². The van der Waals surface area contributed by atoms with Crippen LogP contribution in [0.2, 0.25) is 0 Å². The molecule has 2 heterocycles. The van der Waals surface area contributed by atoms with E-state index in [1.165, 1.54) is 9.79 Å². The monoisotopic (exact) mass is 562 g/mol. The van der Waals surface area contributed by atoms with Gasteiger partial charge in [-0.25, -0.2) is 0 Å². The van der Waals surface area contributed by atoms with Crippen molar-refractivity contribution in [2.75, 3.05) is 46.9 Å². The fourth-order valence-electron chi connectivity index (χ4n) is 5.39. The minimum atomic E-state index is -0.117. The molecule has 2 aliphatic heterocycles. The van der Waals surface area contributed by atoms with E-state index >= 15 is 0 Å². The average molecular weight is 563 g/mol. The zero-order chi connectivity index (χ0) is 27.1. The van der Waals surface area contributed by atoms with Crippen molar-refractivity contribution in [1.29, 1.82) is 0 Å². The summed E-state index contributed by atoms with van der Waals surface area (Å²) in [5.74, 6) is 1.18. The molecule has 5 rings (SSSR count). The molecule has 206 valence electrons. The molecule has 2 saturated heterocycles. The van der Waals surface area contributed by atoms with Crippen LogP contribution in [0, 0.1) is 5.92 Å². The lowest BCUT2D eigenvalue weighted by Gasteiger charge is -2.43. The normalized spacial score (nSPS) is 20.1. The molecule has 0 aliphatic carbocycles. The van der Waals surface area contributed by atoms with Gasteiger partial charge in [-0.2, -0.15) is 0 Å². The summed E-state index contributed by atoms with van der Waals surface area (Å²) in [5, 5.41) is 0. The minimum absolute atomic E-state index is 0.0349. The number of rotatable bonds is 11. The van der Waals surface area contributed by atoms with Crippen LogP contribution in [-0.2, 0) is 16.0 Å². The maximum Gasteiger partial charge on any atom is 0.227 e. The van der Waals surface area contributed by atoms with Gasteiger partial charge in [0.15, 0.2) is 0 Å². The SMILES string of the molecule is CN(C)CCCOc1ccccc1CC(=O)N1C[C@@H]2OCCC(Sc3ccccc3)(Sc3ccccc3)[C@@H]2C1. The third-order valence-corrected chi connectivity index (χ3v) is 10.6. The second-order valence-electron chi connectivity index (χ2n) is 10.5. The van der Waals surface area contributed by atoms with Gasteiger partial charge in [0, 0.05) is 47.5 Å². The lowest BCUT2D eigenvalue weighted by atomic mass is 9.96.